The van der Waals surface area contributed by atoms with Gasteiger partial charge in [0.25, 0.3) is 0 Å². The van der Waals surface area contributed by atoms with E-state index in [4.69, 9.17) is 10.5 Å². The van der Waals surface area contributed by atoms with E-state index in [1.165, 1.54) is 5.56 Å². The summed E-state index contributed by atoms with van der Waals surface area (Å²) < 4.78 is 5.05. The Morgan fingerprint density at radius 3 is 2.67 bits per heavy atom. The van der Waals surface area contributed by atoms with Crippen molar-refractivity contribution in [3.05, 3.63) is 23.8 Å². The molecule has 0 atom stereocenters. The first kappa shape index (κ1) is 8.91. The summed E-state index contributed by atoms with van der Waals surface area (Å²) in [6.45, 7) is 2.15. The predicted octanol–water partition coefficient (Wildman–Crippen LogP) is 2.23. The Kier molecular flexibility index (Phi) is 2.97. The van der Waals surface area contributed by atoms with Gasteiger partial charge >= 0.3 is 0 Å². The SMILES string of the molecule is CCCc1ccc(OC)c(N)c1. The van der Waals surface area contributed by atoms with E-state index in [1.54, 1.807) is 7.11 Å². The summed E-state index contributed by atoms with van der Waals surface area (Å²) in [6.07, 6.45) is 2.22. The standard InChI is InChI=1S/C10H15NO/c1-3-4-8-5-6-10(12-2)9(11)7-8/h5-7H,3-4,11H2,1-2H3. The molecule has 0 aliphatic carbocycles. The normalized spacial score (nSPS) is 9.83. The zero-order valence-electron chi connectivity index (χ0n) is 7.63. The fraction of sp³-hybridized carbons (Fsp3) is 0.400. The lowest BCUT2D eigenvalue weighted by Crippen LogP contribution is -1.93. The molecule has 0 heterocycles. The Hall–Kier alpha value is -1.18. The number of aryl methyl sites for hydroxylation is 1. The molecule has 0 saturated heterocycles. The molecule has 0 aromatic heterocycles. The van der Waals surface area contributed by atoms with Gasteiger partial charge in [-0.05, 0) is 24.1 Å². The molecule has 0 bridgehead atoms. The number of nitrogen functional groups attached to an aromatic ring is 1. The first-order valence-corrected chi connectivity index (χ1v) is 4.20. The Labute approximate surface area is 73.3 Å². The van der Waals surface area contributed by atoms with Gasteiger partial charge in [0.15, 0.2) is 0 Å². The molecule has 1 aromatic carbocycles. The molecular formula is C10H15NO. The van der Waals surface area contributed by atoms with Crippen molar-refractivity contribution in [3.63, 3.8) is 0 Å². The Morgan fingerprint density at radius 2 is 2.17 bits per heavy atom. The van der Waals surface area contributed by atoms with Crippen molar-refractivity contribution in [1.29, 1.82) is 0 Å². The van der Waals surface area contributed by atoms with Crippen molar-refractivity contribution in [3.8, 4) is 5.75 Å². The number of benzene rings is 1. The lowest BCUT2D eigenvalue weighted by atomic mass is 10.1. The molecule has 2 heteroatoms. The minimum absolute atomic E-state index is 0.725. The lowest BCUT2D eigenvalue weighted by molar-refractivity contribution is 0.417. The molecule has 0 spiro atoms. The zero-order valence-corrected chi connectivity index (χ0v) is 7.63. The van der Waals surface area contributed by atoms with Gasteiger partial charge in [-0.2, -0.15) is 0 Å². The van der Waals surface area contributed by atoms with E-state index in [2.05, 4.69) is 13.0 Å². The maximum absolute atomic E-state index is 5.74. The number of rotatable bonds is 3. The second kappa shape index (κ2) is 4.00. The third-order valence-electron chi connectivity index (χ3n) is 1.83. The molecule has 2 nitrogen and oxygen atoms in total. The number of hydrogen-bond donors (Lipinski definition) is 1. The van der Waals surface area contributed by atoms with Crippen molar-refractivity contribution in [2.45, 2.75) is 19.8 Å². The summed E-state index contributed by atoms with van der Waals surface area (Å²) in [5.74, 6) is 0.759. The molecule has 12 heavy (non-hydrogen) atoms. The molecule has 1 rings (SSSR count). The van der Waals surface area contributed by atoms with Crippen molar-refractivity contribution in [2.24, 2.45) is 0 Å². The van der Waals surface area contributed by atoms with E-state index in [1.807, 2.05) is 12.1 Å². The van der Waals surface area contributed by atoms with E-state index in [0.717, 1.165) is 24.3 Å². The molecule has 66 valence electrons. The van der Waals surface area contributed by atoms with Gasteiger partial charge in [0.1, 0.15) is 5.75 Å². The highest BCUT2D eigenvalue weighted by Gasteiger charge is 1.98. The highest BCUT2D eigenvalue weighted by Crippen LogP contribution is 2.22. The second-order valence-corrected chi connectivity index (χ2v) is 2.83. The van der Waals surface area contributed by atoms with Gasteiger partial charge < -0.3 is 10.5 Å². The third kappa shape index (κ3) is 1.91. The van der Waals surface area contributed by atoms with Crippen LogP contribution in [0.15, 0.2) is 18.2 Å². The van der Waals surface area contributed by atoms with Gasteiger partial charge in [0.2, 0.25) is 0 Å². The van der Waals surface area contributed by atoms with E-state index >= 15 is 0 Å². The quantitative estimate of drug-likeness (QED) is 0.697. The van der Waals surface area contributed by atoms with E-state index < -0.39 is 0 Å². The Morgan fingerprint density at radius 1 is 1.42 bits per heavy atom. The topological polar surface area (TPSA) is 35.2 Å². The largest absolute Gasteiger partial charge is 0.495 e. The summed E-state index contributed by atoms with van der Waals surface area (Å²) in [6, 6.07) is 5.95. The van der Waals surface area contributed by atoms with Gasteiger partial charge in [-0.1, -0.05) is 19.4 Å². The Bertz CT molecular complexity index is 258. The number of nitrogens with two attached hydrogens (primary N) is 1. The van der Waals surface area contributed by atoms with Crippen molar-refractivity contribution in [2.75, 3.05) is 12.8 Å². The highest BCUT2D eigenvalue weighted by molar-refractivity contribution is 5.54. The molecule has 0 aliphatic rings. The number of ether oxygens (including phenoxy) is 1. The zero-order chi connectivity index (χ0) is 8.97. The minimum atomic E-state index is 0.725. The van der Waals surface area contributed by atoms with Crippen LogP contribution in [0.25, 0.3) is 0 Å². The predicted molar refractivity (Wildman–Crippen MR) is 51.4 cm³/mol. The van der Waals surface area contributed by atoms with Crippen molar-refractivity contribution in [1.82, 2.24) is 0 Å². The molecule has 0 radical (unpaired) electrons. The number of anilines is 1. The molecule has 2 N–H and O–H groups in total. The number of methoxy groups -OCH3 is 1. The Balaban J connectivity index is 2.86. The van der Waals surface area contributed by atoms with E-state index in [9.17, 15) is 0 Å². The van der Waals surface area contributed by atoms with E-state index in [-0.39, 0.29) is 0 Å². The van der Waals surface area contributed by atoms with Gasteiger partial charge in [0.05, 0.1) is 12.8 Å². The van der Waals surface area contributed by atoms with Gasteiger partial charge in [-0.25, -0.2) is 0 Å². The molecule has 0 amide bonds. The summed E-state index contributed by atoms with van der Waals surface area (Å²) in [5.41, 5.74) is 7.74. The molecular weight excluding hydrogens is 150 g/mol. The molecule has 1 aromatic rings. The average Bonchev–Trinajstić information content (AvgIpc) is 2.05. The first-order chi connectivity index (χ1) is 5.77. The highest BCUT2D eigenvalue weighted by atomic mass is 16.5. The van der Waals surface area contributed by atoms with Crippen LogP contribution >= 0.6 is 0 Å². The fourth-order valence-electron chi connectivity index (χ4n) is 1.23. The van der Waals surface area contributed by atoms with Crippen LogP contribution in [0.3, 0.4) is 0 Å². The van der Waals surface area contributed by atoms with Crippen LogP contribution in [0, 0.1) is 0 Å². The summed E-state index contributed by atoms with van der Waals surface area (Å²) in [4.78, 5) is 0. The first-order valence-electron chi connectivity index (χ1n) is 4.20. The van der Waals surface area contributed by atoms with Gasteiger partial charge in [-0.15, -0.1) is 0 Å². The van der Waals surface area contributed by atoms with Crippen LogP contribution in [0.1, 0.15) is 18.9 Å². The maximum Gasteiger partial charge on any atom is 0.141 e. The fourth-order valence-corrected chi connectivity index (χ4v) is 1.23. The van der Waals surface area contributed by atoms with E-state index in [0.29, 0.717) is 0 Å². The molecule has 0 fully saturated rings. The minimum Gasteiger partial charge on any atom is -0.495 e. The third-order valence-corrected chi connectivity index (χ3v) is 1.83. The summed E-state index contributed by atoms with van der Waals surface area (Å²) >= 11 is 0. The van der Waals surface area contributed by atoms with Crippen LogP contribution in [-0.2, 0) is 6.42 Å². The molecule has 0 unspecified atom stereocenters. The van der Waals surface area contributed by atoms with Gasteiger partial charge in [-0.3, -0.25) is 0 Å². The smallest absolute Gasteiger partial charge is 0.141 e. The molecule has 0 aliphatic heterocycles. The van der Waals surface area contributed by atoms with Crippen LogP contribution < -0.4 is 10.5 Å². The van der Waals surface area contributed by atoms with Gasteiger partial charge in [0, 0.05) is 0 Å². The number of hydrogen-bond acceptors (Lipinski definition) is 2. The monoisotopic (exact) mass is 165 g/mol. The average molecular weight is 165 g/mol. The van der Waals surface area contributed by atoms with Crippen molar-refractivity contribution >= 4 is 5.69 Å². The van der Waals surface area contributed by atoms with Crippen LogP contribution in [0.4, 0.5) is 5.69 Å². The van der Waals surface area contributed by atoms with Crippen LogP contribution in [0.2, 0.25) is 0 Å². The van der Waals surface area contributed by atoms with Crippen LogP contribution in [-0.4, -0.2) is 7.11 Å². The second-order valence-electron chi connectivity index (χ2n) is 2.83. The summed E-state index contributed by atoms with van der Waals surface area (Å²) in [7, 11) is 1.63. The lowest BCUT2D eigenvalue weighted by Gasteiger charge is -2.05. The molecule has 0 saturated carbocycles. The maximum atomic E-state index is 5.74. The van der Waals surface area contributed by atoms with Crippen molar-refractivity contribution < 1.29 is 4.74 Å². The summed E-state index contributed by atoms with van der Waals surface area (Å²) in [5, 5.41) is 0. The van der Waals surface area contributed by atoms with Crippen LogP contribution in [0.5, 0.6) is 5.75 Å².